The smallest absolute Gasteiger partial charge is 0.228 e. The molecule has 70 valence electrons. The predicted octanol–water partition coefficient (Wildman–Crippen LogP) is 1.37. The summed E-state index contributed by atoms with van der Waals surface area (Å²) in [5.74, 6) is 0.958. The van der Waals surface area contributed by atoms with Crippen molar-refractivity contribution in [3.05, 3.63) is 23.5 Å². The van der Waals surface area contributed by atoms with Crippen molar-refractivity contribution in [3.63, 3.8) is 0 Å². The molecule has 0 saturated carbocycles. The highest BCUT2D eigenvalue weighted by molar-refractivity contribution is 6.01. The molecular weight excluding hydrogens is 178 g/mol. The topological polar surface area (TPSA) is 57.8 Å². The number of nitrogens with one attached hydrogen (secondary N) is 2. The standard InChI is InChI=1S/C10H9N3O/c1-5-11-8-2-6-3-10(14)13-7(6)4-9(8)12-5/h2,4H,3H2,1H3,(H,11,12)(H,13,14). The summed E-state index contributed by atoms with van der Waals surface area (Å²) in [5, 5.41) is 2.81. The van der Waals surface area contributed by atoms with Gasteiger partial charge in [-0.1, -0.05) is 0 Å². The Morgan fingerprint density at radius 3 is 3.14 bits per heavy atom. The molecule has 0 atom stereocenters. The second kappa shape index (κ2) is 2.35. The molecule has 4 heteroatoms. The number of rotatable bonds is 0. The number of aromatic amines is 1. The molecule has 2 N–H and O–H groups in total. The average molecular weight is 187 g/mol. The minimum atomic E-state index is 0.0596. The van der Waals surface area contributed by atoms with Crippen LogP contribution in [0.1, 0.15) is 11.4 Å². The van der Waals surface area contributed by atoms with E-state index in [0.29, 0.717) is 6.42 Å². The largest absolute Gasteiger partial charge is 0.342 e. The molecule has 0 bridgehead atoms. The summed E-state index contributed by atoms with van der Waals surface area (Å²) in [5.41, 5.74) is 3.85. The van der Waals surface area contributed by atoms with E-state index < -0.39 is 0 Å². The Bertz CT molecular complexity index is 497. The number of hydrogen-bond donors (Lipinski definition) is 2. The third-order valence-corrected chi connectivity index (χ3v) is 2.45. The SMILES string of the molecule is Cc1nc2cc3c(cc2[nH]1)CC(=O)N3. The summed E-state index contributed by atoms with van der Waals surface area (Å²) in [6.45, 7) is 1.92. The van der Waals surface area contributed by atoms with Gasteiger partial charge in [-0.25, -0.2) is 4.98 Å². The fraction of sp³-hybridized carbons (Fsp3) is 0.200. The van der Waals surface area contributed by atoms with Gasteiger partial charge in [0.2, 0.25) is 5.91 Å². The normalized spacial score (nSPS) is 14.5. The van der Waals surface area contributed by atoms with Crippen LogP contribution in [0, 0.1) is 6.92 Å². The highest BCUT2D eigenvalue weighted by Gasteiger charge is 2.18. The summed E-state index contributed by atoms with van der Waals surface area (Å²) >= 11 is 0. The number of H-pyrrole nitrogens is 1. The maximum Gasteiger partial charge on any atom is 0.228 e. The van der Waals surface area contributed by atoms with Crippen LogP contribution < -0.4 is 5.32 Å². The lowest BCUT2D eigenvalue weighted by Gasteiger charge is -1.96. The van der Waals surface area contributed by atoms with E-state index in [0.717, 1.165) is 28.1 Å². The molecule has 14 heavy (non-hydrogen) atoms. The predicted molar refractivity (Wildman–Crippen MR) is 53.2 cm³/mol. The van der Waals surface area contributed by atoms with Gasteiger partial charge in [-0.05, 0) is 24.6 Å². The number of carbonyl (C=O) groups is 1. The molecule has 4 nitrogen and oxygen atoms in total. The van der Waals surface area contributed by atoms with Crippen LogP contribution in [0.3, 0.4) is 0 Å². The van der Waals surface area contributed by atoms with Gasteiger partial charge in [-0.15, -0.1) is 0 Å². The van der Waals surface area contributed by atoms with Gasteiger partial charge in [0.1, 0.15) is 5.82 Å². The van der Waals surface area contributed by atoms with E-state index in [1.54, 1.807) is 0 Å². The van der Waals surface area contributed by atoms with Gasteiger partial charge < -0.3 is 10.3 Å². The van der Waals surface area contributed by atoms with Crippen molar-refractivity contribution >= 4 is 22.6 Å². The van der Waals surface area contributed by atoms with E-state index in [1.165, 1.54) is 0 Å². The number of amides is 1. The Morgan fingerprint density at radius 2 is 2.29 bits per heavy atom. The molecule has 2 aromatic rings. The summed E-state index contributed by atoms with van der Waals surface area (Å²) in [7, 11) is 0. The van der Waals surface area contributed by atoms with Gasteiger partial charge in [-0.2, -0.15) is 0 Å². The maximum absolute atomic E-state index is 11.1. The third kappa shape index (κ3) is 0.937. The second-order valence-electron chi connectivity index (χ2n) is 3.57. The zero-order chi connectivity index (χ0) is 9.71. The minimum absolute atomic E-state index is 0.0596. The van der Waals surface area contributed by atoms with Gasteiger partial charge in [0.15, 0.2) is 0 Å². The van der Waals surface area contributed by atoms with E-state index in [4.69, 9.17) is 0 Å². The molecule has 0 fully saturated rings. The molecule has 0 radical (unpaired) electrons. The fourth-order valence-corrected chi connectivity index (χ4v) is 1.86. The quantitative estimate of drug-likeness (QED) is 0.654. The van der Waals surface area contributed by atoms with Crippen molar-refractivity contribution in [1.29, 1.82) is 0 Å². The highest BCUT2D eigenvalue weighted by atomic mass is 16.1. The Morgan fingerprint density at radius 1 is 1.43 bits per heavy atom. The molecule has 0 unspecified atom stereocenters. The van der Waals surface area contributed by atoms with Crippen molar-refractivity contribution < 1.29 is 4.79 Å². The van der Waals surface area contributed by atoms with Crippen LogP contribution in [0.2, 0.25) is 0 Å². The molecule has 1 aliphatic heterocycles. The molecule has 2 heterocycles. The van der Waals surface area contributed by atoms with E-state index in [-0.39, 0.29) is 5.91 Å². The fourth-order valence-electron chi connectivity index (χ4n) is 1.86. The highest BCUT2D eigenvalue weighted by Crippen LogP contribution is 2.27. The first-order valence-corrected chi connectivity index (χ1v) is 4.51. The number of carbonyl (C=O) groups excluding carboxylic acids is 1. The first kappa shape index (κ1) is 7.55. The van der Waals surface area contributed by atoms with Gasteiger partial charge >= 0.3 is 0 Å². The Balaban J connectivity index is 2.30. The number of benzene rings is 1. The number of nitrogens with zero attached hydrogens (tertiary/aromatic N) is 1. The minimum Gasteiger partial charge on any atom is -0.342 e. The van der Waals surface area contributed by atoms with Crippen molar-refractivity contribution in [1.82, 2.24) is 9.97 Å². The summed E-state index contributed by atoms with van der Waals surface area (Å²) in [4.78, 5) is 18.6. The van der Waals surface area contributed by atoms with Crippen LogP contribution >= 0.6 is 0 Å². The van der Waals surface area contributed by atoms with Crippen LogP contribution in [0.25, 0.3) is 11.0 Å². The van der Waals surface area contributed by atoms with Gasteiger partial charge in [0, 0.05) is 5.69 Å². The number of imidazole rings is 1. The molecule has 1 aromatic carbocycles. The van der Waals surface area contributed by atoms with Crippen LogP contribution in [0.5, 0.6) is 0 Å². The van der Waals surface area contributed by atoms with Gasteiger partial charge in [-0.3, -0.25) is 4.79 Å². The van der Waals surface area contributed by atoms with Crippen molar-refractivity contribution in [2.45, 2.75) is 13.3 Å². The molecule has 1 aromatic heterocycles. The molecule has 3 rings (SSSR count). The molecule has 1 amide bonds. The average Bonchev–Trinajstić information content (AvgIpc) is 2.59. The molecule has 0 spiro atoms. The Kier molecular flexibility index (Phi) is 1.27. The molecule has 0 aliphatic carbocycles. The van der Waals surface area contributed by atoms with Gasteiger partial charge in [0.25, 0.3) is 0 Å². The first-order chi connectivity index (χ1) is 6.72. The van der Waals surface area contributed by atoms with Crippen molar-refractivity contribution in [2.24, 2.45) is 0 Å². The monoisotopic (exact) mass is 187 g/mol. The molecule has 1 aliphatic rings. The van der Waals surface area contributed by atoms with Crippen LogP contribution in [0.15, 0.2) is 12.1 Å². The van der Waals surface area contributed by atoms with Crippen LogP contribution in [0.4, 0.5) is 5.69 Å². The Hall–Kier alpha value is -1.84. The zero-order valence-electron chi connectivity index (χ0n) is 7.72. The van der Waals surface area contributed by atoms with E-state index in [9.17, 15) is 4.79 Å². The van der Waals surface area contributed by atoms with Gasteiger partial charge in [0.05, 0.1) is 17.5 Å². The number of hydrogen-bond acceptors (Lipinski definition) is 2. The number of aromatic nitrogens is 2. The maximum atomic E-state index is 11.1. The van der Waals surface area contributed by atoms with Crippen molar-refractivity contribution in [2.75, 3.05) is 5.32 Å². The summed E-state index contributed by atoms with van der Waals surface area (Å²) < 4.78 is 0. The van der Waals surface area contributed by atoms with Crippen molar-refractivity contribution in [3.8, 4) is 0 Å². The summed E-state index contributed by atoms with van der Waals surface area (Å²) in [6, 6.07) is 3.90. The van der Waals surface area contributed by atoms with E-state index in [1.807, 2.05) is 19.1 Å². The lowest BCUT2D eigenvalue weighted by molar-refractivity contribution is -0.115. The Labute approximate surface area is 80.3 Å². The van der Waals surface area contributed by atoms with Crippen LogP contribution in [-0.2, 0) is 11.2 Å². The number of aryl methyl sites for hydroxylation is 1. The number of fused-ring (bicyclic) bond motifs is 2. The first-order valence-electron chi connectivity index (χ1n) is 4.51. The number of anilines is 1. The zero-order valence-corrected chi connectivity index (χ0v) is 7.72. The van der Waals surface area contributed by atoms with E-state index in [2.05, 4.69) is 15.3 Å². The molecular formula is C10H9N3O. The third-order valence-electron chi connectivity index (χ3n) is 2.45. The van der Waals surface area contributed by atoms with E-state index >= 15 is 0 Å². The lowest BCUT2D eigenvalue weighted by Crippen LogP contribution is -2.03. The van der Waals surface area contributed by atoms with Crippen LogP contribution in [-0.4, -0.2) is 15.9 Å². The molecule has 0 saturated heterocycles. The lowest BCUT2D eigenvalue weighted by atomic mass is 10.1. The second-order valence-corrected chi connectivity index (χ2v) is 3.57. The summed E-state index contributed by atoms with van der Waals surface area (Å²) in [6.07, 6.45) is 0.476.